The number of nitrogens with one attached hydrogen (secondary N) is 2. The number of rotatable bonds is 8. The third kappa shape index (κ3) is 6.51. The van der Waals surface area contributed by atoms with Gasteiger partial charge in [0.25, 0.3) is 0 Å². The van der Waals surface area contributed by atoms with Gasteiger partial charge in [-0.1, -0.05) is 43.6 Å². The molecule has 0 spiro atoms. The summed E-state index contributed by atoms with van der Waals surface area (Å²) in [5, 5.41) is 16.7. The number of benzene rings is 2. The Bertz CT molecular complexity index is 1160. The lowest BCUT2D eigenvalue weighted by atomic mass is 10.1. The number of nitrogens with zero attached hydrogens (tertiary/aromatic N) is 2. The van der Waals surface area contributed by atoms with Crippen LogP contribution in [0.15, 0.2) is 42.5 Å². The van der Waals surface area contributed by atoms with E-state index in [0.717, 1.165) is 16.8 Å². The van der Waals surface area contributed by atoms with Crippen LogP contribution in [0.25, 0.3) is 11.3 Å². The fourth-order valence-electron chi connectivity index (χ4n) is 3.31. The molecule has 0 aliphatic heterocycles. The van der Waals surface area contributed by atoms with Gasteiger partial charge in [-0.25, -0.2) is 4.98 Å². The van der Waals surface area contributed by atoms with Gasteiger partial charge in [0.15, 0.2) is 0 Å². The van der Waals surface area contributed by atoms with Crippen LogP contribution >= 0.6 is 11.6 Å². The molecule has 0 saturated carbocycles. The highest BCUT2D eigenvalue weighted by Crippen LogP contribution is 2.32. The summed E-state index contributed by atoms with van der Waals surface area (Å²) in [6.45, 7) is 7.53. The van der Waals surface area contributed by atoms with Gasteiger partial charge in [-0.05, 0) is 49.1 Å². The Labute approximate surface area is 201 Å². The third-order valence-electron chi connectivity index (χ3n) is 5.27. The second-order valence-electron chi connectivity index (χ2n) is 8.20. The number of hydrogen-bond acceptors (Lipinski definition) is 6. The molecule has 3 rings (SSSR count). The molecule has 3 aromatic rings. The van der Waals surface area contributed by atoms with E-state index >= 15 is 0 Å². The van der Waals surface area contributed by atoms with E-state index in [2.05, 4.69) is 25.3 Å². The molecule has 3 N–H and O–H groups in total. The van der Waals surface area contributed by atoms with Crippen molar-refractivity contribution in [3.8, 4) is 17.0 Å². The van der Waals surface area contributed by atoms with Crippen molar-refractivity contribution >= 4 is 29.1 Å². The highest BCUT2D eigenvalue weighted by molar-refractivity contribution is 6.31. The molecular weight excluding hydrogens is 469 g/mol. The number of halogens is 4. The molecule has 0 bridgehead atoms. The van der Waals surface area contributed by atoms with Gasteiger partial charge in [-0.2, -0.15) is 4.98 Å². The maximum absolute atomic E-state index is 12.7. The van der Waals surface area contributed by atoms with Crippen LogP contribution in [0.2, 0.25) is 5.02 Å². The van der Waals surface area contributed by atoms with Gasteiger partial charge in [0.2, 0.25) is 5.95 Å². The minimum Gasteiger partial charge on any atom is -0.406 e. The van der Waals surface area contributed by atoms with Crippen molar-refractivity contribution in [2.24, 2.45) is 5.92 Å². The second kappa shape index (κ2) is 10.5. The lowest BCUT2D eigenvalue weighted by Gasteiger charge is -2.21. The predicted molar refractivity (Wildman–Crippen MR) is 128 cm³/mol. The zero-order valence-corrected chi connectivity index (χ0v) is 19.9. The van der Waals surface area contributed by atoms with Crippen LogP contribution in [0.3, 0.4) is 0 Å². The van der Waals surface area contributed by atoms with Crippen molar-refractivity contribution in [2.75, 3.05) is 17.2 Å². The molecule has 1 heterocycles. The van der Waals surface area contributed by atoms with Crippen LogP contribution in [0, 0.1) is 19.8 Å². The maximum atomic E-state index is 12.7. The first-order chi connectivity index (χ1) is 16.0. The molecule has 0 aliphatic rings. The van der Waals surface area contributed by atoms with Crippen LogP contribution in [-0.4, -0.2) is 34.1 Å². The van der Waals surface area contributed by atoms with Crippen LogP contribution in [0.5, 0.6) is 5.75 Å². The molecule has 0 fully saturated rings. The van der Waals surface area contributed by atoms with Crippen LogP contribution in [-0.2, 0) is 0 Å². The summed E-state index contributed by atoms with van der Waals surface area (Å²) in [7, 11) is 0. The van der Waals surface area contributed by atoms with E-state index in [1.54, 1.807) is 18.2 Å². The van der Waals surface area contributed by atoms with Gasteiger partial charge in [0, 0.05) is 22.3 Å². The Morgan fingerprint density at radius 2 is 1.82 bits per heavy atom. The highest BCUT2D eigenvalue weighted by Gasteiger charge is 2.31. The van der Waals surface area contributed by atoms with Gasteiger partial charge in [-0.3, -0.25) is 0 Å². The molecule has 6 nitrogen and oxygen atoms in total. The van der Waals surface area contributed by atoms with Crippen molar-refractivity contribution in [1.82, 2.24) is 9.97 Å². The number of alkyl halides is 3. The van der Waals surface area contributed by atoms with Crippen molar-refractivity contribution in [1.29, 1.82) is 0 Å². The van der Waals surface area contributed by atoms with E-state index < -0.39 is 6.36 Å². The molecule has 2 aromatic carbocycles. The van der Waals surface area contributed by atoms with Crippen molar-refractivity contribution in [3.63, 3.8) is 0 Å². The number of aliphatic hydroxyl groups is 1. The lowest BCUT2D eigenvalue weighted by Crippen LogP contribution is -2.30. The SMILES string of the molecule is Cc1ccc(Cl)c(C)c1Nc1cc(-c2cccc(OC(F)(F)F)c2)nc(N[C@H](CO)C(C)C)n1. The first-order valence-electron chi connectivity index (χ1n) is 10.6. The summed E-state index contributed by atoms with van der Waals surface area (Å²) in [6.07, 6.45) is -4.81. The molecule has 0 aliphatic carbocycles. The van der Waals surface area contributed by atoms with Crippen LogP contribution < -0.4 is 15.4 Å². The third-order valence-corrected chi connectivity index (χ3v) is 5.68. The molecule has 10 heteroatoms. The molecule has 0 amide bonds. The zero-order valence-electron chi connectivity index (χ0n) is 19.2. The number of hydrogen-bond donors (Lipinski definition) is 3. The van der Waals surface area contributed by atoms with Crippen LogP contribution in [0.4, 0.5) is 30.6 Å². The molecule has 34 heavy (non-hydrogen) atoms. The Morgan fingerprint density at radius 3 is 2.47 bits per heavy atom. The summed E-state index contributed by atoms with van der Waals surface area (Å²) in [6, 6.07) is 10.5. The number of anilines is 3. The smallest absolute Gasteiger partial charge is 0.406 e. The van der Waals surface area contributed by atoms with Gasteiger partial charge < -0.3 is 20.5 Å². The summed E-state index contributed by atoms with van der Waals surface area (Å²) in [4.78, 5) is 9.00. The summed E-state index contributed by atoms with van der Waals surface area (Å²) < 4.78 is 42.2. The zero-order chi connectivity index (χ0) is 25.0. The summed E-state index contributed by atoms with van der Waals surface area (Å²) >= 11 is 6.28. The number of aryl methyl sites for hydroxylation is 1. The van der Waals surface area contributed by atoms with Gasteiger partial charge >= 0.3 is 6.36 Å². The van der Waals surface area contributed by atoms with Crippen molar-refractivity contribution in [3.05, 3.63) is 58.6 Å². The van der Waals surface area contributed by atoms with Gasteiger partial charge in [0.1, 0.15) is 11.6 Å². The Hall–Kier alpha value is -3.04. The fraction of sp³-hybridized carbons (Fsp3) is 0.333. The predicted octanol–water partition coefficient (Wildman–Crippen LogP) is 6.48. The number of aliphatic hydroxyl groups excluding tert-OH is 1. The van der Waals surface area contributed by atoms with Crippen LogP contribution in [0.1, 0.15) is 25.0 Å². The Morgan fingerprint density at radius 1 is 1.09 bits per heavy atom. The van der Waals surface area contributed by atoms with E-state index in [4.69, 9.17) is 11.6 Å². The second-order valence-corrected chi connectivity index (χ2v) is 8.61. The van der Waals surface area contributed by atoms with Crippen molar-refractivity contribution < 1.29 is 23.0 Å². The number of aromatic nitrogens is 2. The Kier molecular flexibility index (Phi) is 7.89. The molecule has 0 saturated heterocycles. The molecule has 0 radical (unpaired) electrons. The minimum atomic E-state index is -4.81. The standard InChI is InChI=1S/C24H26ClF3N4O2/c1-13(2)20(12-33)30-23-29-19(16-6-5-7-17(10-16)34-24(26,27)28)11-21(32-23)31-22-14(3)8-9-18(25)15(22)4/h5-11,13,20,33H,12H2,1-4H3,(H2,29,30,31,32)/t20-/m1/s1. The minimum absolute atomic E-state index is 0.0783. The molecule has 1 aromatic heterocycles. The monoisotopic (exact) mass is 494 g/mol. The van der Waals surface area contributed by atoms with E-state index in [9.17, 15) is 18.3 Å². The van der Waals surface area contributed by atoms with Gasteiger partial charge in [-0.15, -0.1) is 13.2 Å². The molecular formula is C24H26ClF3N4O2. The molecule has 0 unspecified atom stereocenters. The topological polar surface area (TPSA) is 79.3 Å². The number of ether oxygens (including phenoxy) is 1. The van der Waals surface area contributed by atoms with Crippen molar-refractivity contribution in [2.45, 2.75) is 40.1 Å². The molecule has 182 valence electrons. The normalized spacial score (nSPS) is 12.5. The van der Waals surface area contributed by atoms with E-state index in [1.807, 2.05) is 33.8 Å². The van der Waals surface area contributed by atoms with E-state index in [-0.39, 0.29) is 30.3 Å². The van der Waals surface area contributed by atoms with E-state index in [0.29, 0.717) is 22.1 Å². The summed E-state index contributed by atoms with van der Waals surface area (Å²) in [5.74, 6) is 0.343. The Balaban J connectivity index is 2.07. The van der Waals surface area contributed by atoms with Gasteiger partial charge in [0.05, 0.1) is 18.3 Å². The fourth-order valence-corrected chi connectivity index (χ4v) is 3.46. The average molecular weight is 495 g/mol. The first kappa shape index (κ1) is 25.6. The largest absolute Gasteiger partial charge is 0.573 e. The van der Waals surface area contributed by atoms with E-state index in [1.165, 1.54) is 18.2 Å². The highest BCUT2D eigenvalue weighted by atomic mass is 35.5. The first-order valence-corrected chi connectivity index (χ1v) is 11.0. The summed E-state index contributed by atoms with van der Waals surface area (Å²) in [5.41, 5.74) is 3.30. The molecule has 1 atom stereocenters. The lowest BCUT2D eigenvalue weighted by molar-refractivity contribution is -0.274. The quantitative estimate of drug-likeness (QED) is 0.332. The average Bonchev–Trinajstić information content (AvgIpc) is 2.76. The maximum Gasteiger partial charge on any atom is 0.573 e.